The summed E-state index contributed by atoms with van der Waals surface area (Å²) >= 11 is 0. The molecule has 3 spiro atoms. The van der Waals surface area contributed by atoms with Crippen molar-refractivity contribution in [2.45, 2.75) is 122 Å². The SMILES string of the molecule is CC1CN(c2ccnc(-c3cnc4ccc(C(F)F)nn34)c2)CC(CNS(C)(=O)=O)O1.CS(=O)(=O)N1CC2(CCCN(c3ccnc(-c4cnc5ccc(C(F)F)nn45)c3)C2)C1.CS(=O)(=O)NC1CCC2(CCN(c3cc(-c4cnc5ccc(C(F)F)nn45)ncn3)C2)C1.CS(=O)(=O)NCC1CCCN(c2cc(-c3cnc4ccc(C(F)F)nn34)cc(N3CC4(CCC4)C3)n2)C1. The van der Waals surface area contributed by atoms with E-state index in [4.69, 9.17) is 9.72 Å². The van der Waals surface area contributed by atoms with Crippen molar-refractivity contribution in [2.75, 3.05) is 141 Å². The van der Waals surface area contributed by atoms with E-state index in [1.54, 1.807) is 43.2 Å². The molecular weight excluding hydrogens is 1800 g/mol. The van der Waals surface area contributed by atoms with Crippen molar-refractivity contribution in [2.24, 2.45) is 22.2 Å². The average Bonchev–Trinajstić information content (AvgIpc) is 1.50. The van der Waals surface area contributed by atoms with E-state index in [1.807, 2.05) is 49.4 Å². The Bertz CT molecular complexity index is 6560. The maximum absolute atomic E-state index is 13.4. The van der Waals surface area contributed by atoms with Crippen LogP contribution in [0, 0.1) is 22.2 Å². The van der Waals surface area contributed by atoms with E-state index >= 15 is 0 Å². The third-order valence-corrected chi connectivity index (χ3v) is 28.7. The highest BCUT2D eigenvalue weighted by molar-refractivity contribution is 7.89. The lowest BCUT2D eigenvalue weighted by Gasteiger charge is -2.56. The molecule has 12 aromatic heterocycles. The Morgan fingerprint density at radius 1 is 0.427 bits per heavy atom. The van der Waals surface area contributed by atoms with Gasteiger partial charge in [0.2, 0.25) is 40.1 Å². The van der Waals surface area contributed by atoms with E-state index < -0.39 is 65.8 Å². The second-order valence-electron chi connectivity index (χ2n) is 35.5. The van der Waals surface area contributed by atoms with Gasteiger partial charge in [-0.05, 0) is 167 Å². The molecule has 0 amide bonds. The molecule has 2 saturated carbocycles. The molecule has 698 valence electrons. The van der Waals surface area contributed by atoms with Gasteiger partial charge in [0.15, 0.2) is 22.6 Å². The van der Waals surface area contributed by atoms with Crippen molar-refractivity contribution in [1.29, 1.82) is 0 Å². The number of pyridine rings is 3. The predicted octanol–water partition coefficient (Wildman–Crippen LogP) is 10.4. The Kier molecular flexibility index (Phi) is 25.9. The highest BCUT2D eigenvalue weighted by Crippen LogP contribution is 2.51. The molecule has 131 heavy (non-hydrogen) atoms. The molecule has 5 unspecified atom stereocenters. The fourth-order valence-electron chi connectivity index (χ4n) is 18.9. The van der Waals surface area contributed by atoms with E-state index in [2.05, 4.69) is 98.9 Å². The van der Waals surface area contributed by atoms with Gasteiger partial charge in [0.25, 0.3) is 25.7 Å². The van der Waals surface area contributed by atoms with E-state index in [-0.39, 0.29) is 64.3 Å². The van der Waals surface area contributed by atoms with Gasteiger partial charge < -0.3 is 29.2 Å². The number of rotatable bonds is 22. The van der Waals surface area contributed by atoms with Crippen LogP contribution in [0.15, 0.2) is 135 Å². The molecule has 0 radical (unpaired) electrons. The van der Waals surface area contributed by atoms with Crippen molar-refractivity contribution in [3.8, 4) is 45.4 Å². The quantitative estimate of drug-likeness (QED) is 0.0531. The van der Waals surface area contributed by atoms with Gasteiger partial charge >= 0.3 is 0 Å². The minimum atomic E-state index is -3.32. The molecule has 6 saturated heterocycles. The van der Waals surface area contributed by atoms with Crippen LogP contribution in [0.1, 0.15) is 126 Å². The first-order valence-electron chi connectivity index (χ1n) is 42.8. The number of imidazole rings is 4. The van der Waals surface area contributed by atoms with Gasteiger partial charge in [-0.15, -0.1) is 0 Å². The van der Waals surface area contributed by atoms with Gasteiger partial charge in [-0.25, -0.2) is 140 Å². The first-order valence-corrected chi connectivity index (χ1v) is 50.4. The summed E-state index contributed by atoms with van der Waals surface area (Å²) in [7, 11) is -13.0. The maximum Gasteiger partial charge on any atom is 0.282 e. The Morgan fingerprint density at radius 2 is 0.908 bits per heavy atom. The molecular formula is C84H98F8N26O9S4. The second kappa shape index (κ2) is 36.9. The molecule has 0 aromatic carbocycles. The zero-order valence-corrected chi connectivity index (χ0v) is 75.4. The number of morpholine rings is 1. The largest absolute Gasteiger partial charge is 0.371 e. The smallest absolute Gasteiger partial charge is 0.282 e. The molecule has 18 heterocycles. The fourth-order valence-corrected chi connectivity index (χ4v) is 21.7. The number of anilines is 5. The Morgan fingerprint density at radius 3 is 1.42 bits per heavy atom. The first-order chi connectivity index (χ1) is 62.3. The third-order valence-electron chi connectivity index (χ3n) is 25.3. The molecule has 2 aliphatic carbocycles. The van der Waals surface area contributed by atoms with Crippen molar-refractivity contribution in [3.05, 3.63) is 157 Å². The summed E-state index contributed by atoms with van der Waals surface area (Å²) in [5.74, 6) is 2.57. The second-order valence-corrected chi connectivity index (χ2v) is 42.9. The molecule has 47 heteroatoms. The lowest BCUT2D eigenvalue weighted by atomic mass is 9.63. The highest BCUT2D eigenvalue weighted by atomic mass is 32.2. The van der Waals surface area contributed by atoms with E-state index in [1.165, 1.54) is 109 Å². The number of nitrogens with zero attached hydrogens (tertiary/aromatic N) is 23. The highest BCUT2D eigenvalue weighted by Gasteiger charge is 2.51. The molecule has 8 fully saturated rings. The van der Waals surface area contributed by atoms with E-state index in [0.717, 1.165) is 138 Å². The maximum atomic E-state index is 13.4. The summed E-state index contributed by atoms with van der Waals surface area (Å²) in [6, 6.07) is 24.4. The number of nitrogens with one attached hydrogen (secondary N) is 3. The van der Waals surface area contributed by atoms with Crippen LogP contribution in [-0.2, 0) is 44.8 Å². The summed E-state index contributed by atoms with van der Waals surface area (Å²) in [5, 5.41) is 16.2. The van der Waals surface area contributed by atoms with Gasteiger partial charge in [-0.1, -0.05) is 6.42 Å². The van der Waals surface area contributed by atoms with Gasteiger partial charge in [-0.2, -0.15) is 20.4 Å². The number of hydrogen-bond acceptors (Lipinski definition) is 27. The van der Waals surface area contributed by atoms with Crippen molar-refractivity contribution in [1.82, 2.24) is 102 Å². The van der Waals surface area contributed by atoms with Crippen LogP contribution in [0.5, 0.6) is 0 Å². The average molecular weight is 1900 g/mol. The number of hydrogen-bond donors (Lipinski definition) is 3. The fraction of sp³-hybridized carbons (Fsp3) is 0.488. The van der Waals surface area contributed by atoms with Crippen LogP contribution < -0.4 is 38.7 Å². The summed E-state index contributed by atoms with van der Waals surface area (Å²) in [6.07, 6.45) is 15.9. The lowest BCUT2D eigenvalue weighted by Crippen LogP contribution is -2.64. The molecule has 3 N–H and O–H groups in total. The Balaban J connectivity index is 0.000000123. The zero-order chi connectivity index (χ0) is 92.3. The van der Waals surface area contributed by atoms with Crippen LogP contribution in [0.25, 0.3) is 68.0 Å². The van der Waals surface area contributed by atoms with Gasteiger partial charge in [-0.3, -0.25) is 9.97 Å². The summed E-state index contributed by atoms with van der Waals surface area (Å²) in [6.45, 7) is 11.4. The van der Waals surface area contributed by atoms with Gasteiger partial charge in [0.1, 0.15) is 63.6 Å². The van der Waals surface area contributed by atoms with Crippen LogP contribution in [-0.4, -0.2) is 256 Å². The molecule has 20 rings (SSSR count). The summed E-state index contributed by atoms with van der Waals surface area (Å²) in [5.41, 5.74) is 7.53. The molecule has 0 bridgehead atoms. The molecule has 5 atom stereocenters. The van der Waals surface area contributed by atoms with E-state index in [9.17, 15) is 68.8 Å². The first kappa shape index (κ1) is 91.9. The summed E-state index contributed by atoms with van der Waals surface area (Å²) < 4.78 is 219. The van der Waals surface area contributed by atoms with Gasteiger partial charge in [0, 0.05) is 144 Å². The number of ether oxygens (including phenoxy) is 1. The number of piperidine rings is 2. The Hall–Kier alpha value is -11.0. The number of fused-ring (bicyclic) bond motifs is 4. The van der Waals surface area contributed by atoms with Crippen LogP contribution in [0.2, 0.25) is 0 Å². The van der Waals surface area contributed by atoms with Crippen LogP contribution in [0.4, 0.5) is 64.0 Å². The van der Waals surface area contributed by atoms with Crippen LogP contribution >= 0.6 is 0 Å². The minimum Gasteiger partial charge on any atom is -0.371 e. The van der Waals surface area contributed by atoms with Crippen molar-refractivity contribution >= 4 is 91.5 Å². The third kappa shape index (κ3) is 21.1. The molecule has 12 aromatic rings. The standard InChI is InChI=1S/C25H31F2N7O2S.C20H23F2N7O2S.C20H22F2N6O2S.C19H22F2N6O3S/c1-37(35,36)29-12-17-4-2-9-32(14-17)22-10-18(11-23(30-22)33-15-25(16-33)7-3-8-25)20-13-28-21-6-5-19(24(26)27)31-34(20)21;1-32(30,31)27-13-4-5-20(9-13)6-7-28(11-20)18-8-15(24-12-25-18)16-10-23-17-3-2-14(19(21)22)26-29(16)17;1-31(29,30)27-12-20(13-27)6-2-8-26(11-20)14-5-7-23-16(9-14)17-10-24-18-4-3-15(19(21)22)25-28(17)18;1-12-10-26(11-14(30-12)8-24-31(2,28)29)13-5-6-22-16(7-13)17-9-23-18-4-3-15(19(20)21)25-27(17)18/h5-6,10-11,13,17,24,29H,2-4,7-9,12,14-16H2,1H3;2-3,8,10,12-13,19,27H,4-7,9,11H2,1H3;3-5,7,9-10,19H,2,6,8,11-13H2,1H3;3-7,9,12,14,19,24H,8,10-11H2,1-2H3. The predicted molar refractivity (Wildman–Crippen MR) is 473 cm³/mol. The topological polar surface area (TPSA) is 387 Å². The Labute approximate surface area is 750 Å². The number of aromatic nitrogens is 17. The monoisotopic (exact) mass is 1890 g/mol. The van der Waals surface area contributed by atoms with Crippen molar-refractivity contribution in [3.63, 3.8) is 0 Å². The summed E-state index contributed by atoms with van der Waals surface area (Å²) in [4.78, 5) is 50.7. The minimum absolute atomic E-state index is 0.0260. The lowest BCUT2D eigenvalue weighted by molar-refractivity contribution is -0.0122. The molecule has 8 aliphatic rings. The van der Waals surface area contributed by atoms with Gasteiger partial charge in [0.05, 0.1) is 84.8 Å². The van der Waals surface area contributed by atoms with Crippen LogP contribution in [0.3, 0.4) is 0 Å². The normalized spacial score (nSPS) is 21.2. The number of sulfonamides is 4. The number of halogens is 8. The van der Waals surface area contributed by atoms with E-state index in [0.29, 0.717) is 107 Å². The number of alkyl halides is 8. The molecule has 6 aliphatic heterocycles. The molecule has 35 nitrogen and oxygen atoms in total. The van der Waals surface area contributed by atoms with Crippen molar-refractivity contribution < 1.29 is 73.5 Å². The zero-order valence-electron chi connectivity index (χ0n) is 72.1.